The van der Waals surface area contributed by atoms with E-state index in [9.17, 15) is 19.5 Å². The third-order valence-corrected chi connectivity index (χ3v) is 8.90. The van der Waals surface area contributed by atoms with Gasteiger partial charge in [-0.1, -0.05) is 12.1 Å². The van der Waals surface area contributed by atoms with Gasteiger partial charge in [-0.2, -0.15) is 0 Å². The van der Waals surface area contributed by atoms with Gasteiger partial charge in [-0.05, 0) is 68.1 Å². The number of nitrogens with zero attached hydrogens (tertiary/aromatic N) is 7. The molecular weight excluding hydrogens is 584 g/mol. The van der Waals surface area contributed by atoms with Gasteiger partial charge < -0.3 is 29.4 Å². The van der Waals surface area contributed by atoms with Crippen LogP contribution in [-0.4, -0.2) is 80.1 Å². The molecule has 0 saturated carbocycles. The van der Waals surface area contributed by atoms with E-state index >= 15 is 0 Å². The molecule has 1 aliphatic carbocycles. The molecule has 4 aromatic rings. The molecule has 0 spiro atoms. The number of nitrogens with one attached hydrogen (secondary N) is 1. The summed E-state index contributed by atoms with van der Waals surface area (Å²) < 4.78 is 3.61. The van der Waals surface area contributed by atoms with E-state index in [1.54, 1.807) is 42.4 Å². The Labute approximate surface area is 267 Å². The summed E-state index contributed by atoms with van der Waals surface area (Å²) in [7, 11) is 5.41. The highest BCUT2D eigenvalue weighted by Gasteiger charge is 2.32. The second-order valence-corrected chi connectivity index (χ2v) is 12.2. The highest BCUT2D eigenvalue weighted by Crippen LogP contribution is 2.33. The van der Waals surface area contributed by atoms with Gasteiger partial charge in [0.1, 0.15) is 11.5 Å². The Balaban J connectivity index is 1.24. The van der Waals surface area contributed by atoms with Gasteiger partial charge in [0, 0.05) is 81.7 Å². The maximum absolute atomic E-state index is 13.8. The molecule has 12 heteroatoms. The minimum atomic E-state index is -0.353. The molecule has 3 aromatic heterocycles. The van der Waals surface area contributed by atoms with Crippen molar-refractivity contribution in [2.45, 2.75) is 45.4 Å². The van der Waals surface area contributed by atoms with Crippen molar-refractivity contribution in [1.29, 1.82) is 0 Å². The second kappa shape index (κ2) is 13.3. The number of rotatable bonds is 11. The number of likely N-dealkylation sites (N-methyl/N-ethyl adjacent to an activating group) is 2. The maximum Gasteiger partial charge on any atom is 0.293 e. The largest absolute Gasteiger partial charge is 0.392 e. The van der Waals surface area contributed by atoms with Gasteiger partial charge in [0.15, 0.2) is 5.82 Å². The summed E-state index contributed by atoms with van der Waals surface area (Å²) in [6.07, 6.45) is 8.33. The molecule has 12 nitrogen and oxygen atoms in total. The average Bonchev–Trinajstić information content (AvgIpc) is 3.46. The van der Waals surface area contributed by atoms with Gasteiger partial charge in [-0.15, -0.1) is 0 Å². The van der Waals surface area contributed by atoms with E-state index in [4.69, 9.17) is 0 Å². The number of hydrogen-bond donors (Lipinski definition) is 2. The number of pyridine rings is 1. The van der Waals surface area contributed by atoms with Crippen LogP contribution in [0.25, 0.3) is 11.3 Å². The smallest absolute Gasteiger partial charge is 0.293 e. The van der Waals surface area contributed by atoms with E-state index < -0.39 is 0 Å². The van der Waals surface area contributed by atoms with Gasteiger partial charge in [0.2, 0.25) is 6.41 Å². The van der Waals surface area contributed by atoms with E-state index in [0.29, 0.717) is 60.2 Å². The molecule has 0 fully saturated rings. The molecular formula is C34H40N8O4. The molecule has 0 saturated heterocycles. The lowest BCUT2D eigenvalue weighted by atomic mass is 9.98. The first-order valence-electron chi connectivity index (χ1n) is 15.7. The van der Waals surface area contributed by atoms with Crippen LogP contribution in [-0.2, 0) is 44.4 Å². The van der Waals surface area contributed by atoms with Gasteiger partial charge in [-0.25, -0.2) is 9.97 Å². The lowest BCUT2D eigenvalue weighted by molar-refractivity contribution is -0.117. The zero-order valence-corrected chi connectivity index (χ0v) is 26.6. The fourth-order valence-corrected chi connectivity index (χ4v) is 6.37. The van der Waals surface area contributed by atoms with Crippen LogP contribution in [0.2, 0.25) is 0 Å². The summed E-state index contributed by atoms with van der Waals surface area (Å²) in [5.74, 6) is 0.416. The Morgan fingerprint density at radius 3 is 2.59 bits per heavy atom. The molecule has 2 N–H and O–H groups in total. The number of aromatic nitrogens is 4. The molecule has 46 heavy (non-hydrogen) atoms. The summed E-state index contributed by atoms with van der Waals surface area (Å²) in [4.78, 5) is 52.3. The van der Waals surface area contributed by atoms with Crippen LogP contribution in [0.4, 0.5) is 17.3 Å². The van der Waals surface area contributed by atoms with Crippen LogP contribution >= 0.6 is 0 Å². The zero-order chi connectivity index (χ0) is 32.4. The fourth-order valence-electron chi connectivity index (χ4n) is 6.37. The minimum absolute atomic E-state index is 0.126. The first-order valence-corrected chi connectivity index (χ1v) is 15.7. The first kappa shape index (κ1) is 31.2. The van der Waals surface area contributed by atoms with Crippen molar-refractivity contribution >= 4 is 29.6 Å². The number of amides is 2. The number of hydrogen-bond acceptors (Lipinski definition) is 8. The minimum Gasteiger partial charge on any atom is -0.392 e. The Kier molecular flexibility index (Phi) is 9.00. The quantitative estimate of drug-likeness (QED) is 0.244. The second-order valence-electron chi connectivity index (χ2n) is 12.2. The van der Waals surface area contributed by atoms with Crippen LogP contribution < -0.4 is 15.8 Å². The standard InChI is InChI=1S/C34H40N8O4/c1-38(14-15-39(2)22-44)19-23-8-10-25(11-9-23)36-31-34(46)40(3)20-28(37-31)26-12-13-35-32(27(26)21-43)42-17-16-41-29-7-5-4-6-24(29)18-30(41)33(42)45/h8-13,18,20,22,43H,4-7,14-17,19,21H2,1-3H3,(H,36,37). The topological polar surface area (TPSA) is 129 Å². The molecule has 6 rings (SSSR count). The number of fused-ring (bicyclic) bond motifs is 3. The Hall–Kier alpha value is -4.81. The molecule has 4 heterocycles. The van der Waals surface area contributed by atoms with Crippen molar-refractivity contribution in [3.63, 3.8) is 0 Å². The first-order chi connectivity index (χ1) is 22.3. The Bertz CT molecular complexity index is 1810. The molecule has 2 aliphatic rings. The number of carbonyl (C=O) groups excluding carboxylic acids is 2. The molecule has 0 unspecified atom stereocenters. The molecule has 2 amide bonds. The number of aryl methyl sites for hydroxylation is 2. The molecule has 1 aliphatic heterocycles. The summed E-state index contributed by atoms with van der Waals surface area (Å²) in [5.41, 5.74) is 6.24. The summed E-state index contributed by atoms with van der Waals surface area (Å²) in [6, 6.07) is 11.5. The van der Waals surface area contributed by atoms with E-state index in [-0.39, 0.29) is 23.9 Å². The lowest BCUT2D eigenvalue weighted by Gasteiger charge is -2.30. The molecule has 1 aromatic carbocycles. The van der Waals surface area contributed by atoms with Gasteiger partial charge in [0.25, 0.3) is 11.5 Å². The van der Waals surface area contributed by atoms with Gasteiger partial charge >= 0.3 is 0 Å². The molecule has 240 valence electrons. The van der Waals surface area contributed by atoms with E-state index in [2.05, 4.69) is 24.8 Å². The van der Waals surface area contributed by atoms with Crippen molar-refractivity contribution in [1.82, 2.24) is 28.9 Å². The summed E-state index contributed by atoms with van der Waals surface area (Å²) in [6.45, 7) is 2.87. The van der Waals surface area contributed by atoms with Crippen molar-refractivity contribution in [3.8, 4) is 11.3 Å². The third-order valence-electron chi connectivity index (χ3n) is 8.90. The average molecular weight is 625 g/mol. The number of benzene rings is 1. The SMILES string of the molecule is CN(C=O)CCN(C)Cc1ccc(Nc2nc(-c3ccnc(N4CCn5c(cc6c5CCCC6)C4=O)c3CO)cn(C)c2=O)cc1. The van der Waals surface area contributed by atoms with Gasteiger partial charge in [-0.3, -0.25) is 19.3 Å². The number of anilines is 3. The summed E-state index contributed by atoms with van der Waals surface area (Å²) >= 11 is 0. The van der Waals surface area contributed by atoms with Crippen LogP contribution in [0.15, 0.2) is 53.6 Å². The number of carbonyl (C=O) groups is 2. The molecule has 0 radical (unpaired) electrons. The predicted octanol–water partition coefficient (Wildman–Crippen LogP) is 2.94. The lowest BCUT2D eigenvalue weighted by Crippen LogP contribution is -2.41. The highest BCUT2D eigenvalue weighted by atomic mass is 16.3. The van der Waals surface area contributed by atoms with E-state index in [1.807, 2.05) is 37.4 Å². The third kappa shape index (κ3) is 6.18. The maximum atomic E-state index is 13.8. The molecule has 0 bridgehead atoms. The van der Waals surface area contributed by atoms with Crippen LogP contribution in [0.1, 0.15) is 45.7 Å². The highest BCUT2D eigenvalue weighted by molar-refractivity contribution is 6.06. The van der Waals surface area contributed by atoms with Crippen molar-refractivity contribution in [2.24, 2.45) is 7.05 Å². The molecule has 0 atom stereocenters. The Morgan fingerprint density at radius 2 is 1.83 bits per heavy atom. The zero-order valence-electron chi connectivity index (χ0n) is 26.6. The number of aliphatic hydroxyl groups excluding tert-OH is 1. The van der Waals surface area contributed by atoms with E-state index in [0.717, 1.165) is 44.2 Å². The van der Waals surface area contributed by atoms with Gasteiger partial charge in [0.05, 0.1) is 12.3 Å². The van der Waals surface area contributed by atoms with Crippen molar-refractivity contribution in [2.75, 3.05) is 43.9 Å². The van der Waals surface area contributed by atoms with Crippen molar-refractivity contribution < 1.29 is 14.7 Å². The Morgan fingerprint density at radius 1 is 1.04 bits per heavy atom. The monoisotopic (exact) mass is 624 g/mol. The van der Waals surface area contributed by atoms with E-state index in [1.165, 1.54) is 15.8 Å². The van der Waals surface area contributed by atoms with Crippen LogP contribution in [0.5, 0.6) is 0 Å². The van der Waals surface area contributed by atoms with Crippen LogP contribution in [0.3, 0.4) is 0 Å². The normalized spacial score (nSPS) is 14.3. The van der Waals surface area contributed by atoms with Crippen LogP contribution in [0, 0.1) is 0 Å². The van der Waals surface area contributed by atoms with Crippen molar-refractivity contribution in [3.05, 3.63) is 87.2 Å². The summed E-state index contributed by atoms with van der Waals surface area (Å²) in [5, 5.41) is 13.7. The number of aliphatic hydroxyl groups is 1. The fraction of sp³-hybridized carbons (Fsp3) is 0.382. The predicted molar refractivity (Wildman–Crippen MR) is 176 cm³/mol.